The highest BCUT2D eigenvalue weighted by Gasteiger charge is 2.42. The minimum absolute atomic E-state index is 0.00952. The Morgan fingerprint density at radius 2 is 1.86 bits per heavy atom. The Morgan fingerprint density at radius 1 is 1.17 bits per heavy atom. The Labute approximate surface area is 218 Å². The average molecular weight is 561 g/mol. The van der Waals surface area contributed by atoms with Gasteiger partial charge in [-0.2, -0.15) is 0 Å². The monoisotopic (exact) mass is 559 g/mol. The maximum absolute atomic E-state index is 13.7. The predicted molar refractivity (Wildman–Crippen MR) is 138 cm³/mol. The van der Waals surface area contributed by atoms with Crippen molar-refractivity contribution in [1.29, 1.82) is 0 Å². The van der Waals surface area contributed by atoms with Gasteiger partial charge in [0.2, 0.25) is 0 Å². The van der Waals surface area contributed by atoms with Crippen LogP contribution in [0.2, 0.25) is 5.02 Å². The number of phenols is 1. The summed E-state index contributed by atoms with van der Waals surface area (Å²) in [7, 11) is 1.45. The largest absolute Gasteiger partial charge is 0.503 e. The molecule has 0 spiro atoms. The minimum atomic E-state index is -0.665. The van der Waals surface area contributed by atoms with Crippen LogP contribution in [-0.4, -0.2) is 30.1 Å². The molecule has 0 radical (unpaired) electrons. The van der Waals surface area contributed by atoms with Gasteiger partial charge < -0.3 is 19.9 Å². The second-order valence-corrected chi connectivity index (χ2v) is 10.4. The molecule has 0 bridgehead atoms. The van der Waals surface area contributed by atoms with E-state index >= 15 is 0 Å². The van der Waals surface area contributed by atoms with Crippen molar-refractivity contribution in [1.82, 2.24) is 5.32 Å². The molecule has 1 heterocycles. The van der Waals surface area contributed by atoms with Gasteiger partial charge in [0.15, 0.2) is 17.3 Å². The van der Waals surface area contributed by atoms with Crippen molar-refractivity contribution in [2.75, 3.05) is 7.11 Å². The Hall–Kier alpha value is -2.77. The van der Waals surface area contributed by atoms with Crippen LogP contribution < -0.4 is 10.1 Å². The zero-order valence-electron chi connectivity index (χ0n) is 19.9. The lowest BCUT2D eigenvalue weighted by Crippen LogP contribution is -2.36. The van der Waals surface area contributed by atoms with Crippen molar-refractivity contribution in [3.63, 3.8) is 0 Å². The van der Waals surface area contributed by atoms with Crippen molar-refractivity contribution in [2.24, 2.45) is 0 Å². The standard InChI is InChI=1S/C27H27BrClNO5/c1-13(2)35-27(33)23-14(3)30-20-10-16(15-5-7-18(29)8-6-15)11-21(31)25(20)24(23)17-9-19(28)26(32)22(12-17)34-4/h5-9,12-13,16,24,30,32H,10-11H2,1-4H3/t16-,24+/m0/s1. The van der Waals surface area contributed by atoms with E-state index in [2.05, 4.69) is 21.2 Å². The van der Waals surface area contributed by atoms with E-state index in [1.54, 1.807) is 26.0 Å². The Bertz CT molecular complexity index is 1250. The summed E-state index contributed by atoms with van der Waals surface area (Å²) >= 11 is 9.43. The average Bonchev–Trinajstić information content (AvgIpc) is 2.79. The first-order valence-electron chi connectivity index (χ1n) is 11.4. The highest BCUT2D eigenvalue weighted by Crippen LogP contribution is 2.48. The highest BCUT2D eigenvalue weighted by atomic mass is 79.9. The van der Waals surface area contributed by atoms with Gasteiger partial charge in [-0.25, -0.2) is 4.79 Å². The van der Waals surface area contributed by atoms with Crippen molar-refractivity contribution < 1.29 is 24.2 Å². The Kier molecular flexibility index (Phi) is 7.29. The summed E-state index contributed by atoms with van der Waals surface area (Å²) in [6, 6.07) is 10.9. The molecule has 4 rings (SSSR count). The molecule has 0 unspecified atom stereocenters. The summed E-state index contributed by atoms with van der Waals surface area (Å²) in [4.78, 5) is 26.9. The molecular weight excluding hydrogens is 534 g/mol. The van der Waals surface area contributed by atoms with Gasteiger partial charge in [0.25, 0.3) is 0 Å². The number of nitrogens with one attached hydrogen (secondary N) is 1. The number of ether oxygens (including phenoxy) is 2. The maximum atomic E-state index is 13.7. The van der Waals surface area contributed by atoms with Crippen LogP contribution in [0, 0.1) is 0 Å². The van der Waals surface area contributed by atoms with Gasteiger partial charge in [-0.3, -0.25) is 4.79 Å². The van der Waals surface area contributed by atoms with E-state index in [1.165, 1.54) is 7.11 Å². The van der Waals surface area contributed by atoms with Crippen molar-refractivity contribution in [2.45, 2.75) is 51.6 Å². The van der Waals surface area contributed by atoms with Crippen molar-refractivity contribution >= 4 is 39.3 Å². The minimum Gasteiger partial charge on any atom is -0.503 e. The van der Waals surface area contributed by atoms with E-state index < -0.39 is 11.9 Å². The first-order chi connectivity index (χ1) is 16.6. The molecule has 8 heteroatoms. The molecule has 0 saturated carbocycles. The summed E-state index contributed by atoms with van der Waals surface area (Å²) in [6.45, 7) is 5.38. The summed E-state index contributed by atoms with van der Waals surface area (Å²) in [6.07, 6.45) is 0.594. The van der Waals surface area contributed by atoms with E-state index in [0.717, 1.165) is 11.3 Å². The van der Waals surface area contributed by atoms with Crippen LogP contribution in [-0.2, 0) is 14.3 Å². The van der Waals surface area contributed by atoms with E-state index in [4.69, 9.17) is 21.1 Å². The van der Waals surface area contributed by atoms with Gasteiger partial charge in [0.1, 0.15) is 0 Å². The lowest BCUT2D eigenvalue weighted by atomic mass is 9.71. The molecule has 1 aliphatic carbocycles. The molecule has 184 valence electrons. The molecule has 2 aliphatic rings. The lowest BCUT2D eigenvalue weighted by molar-refractivity contribution is -0.143. The molecule has 6 nitrogen and oxygen atoms in total. The second kappa shape index (κ2) is 10.1. The summed E-state index contributed by atoms with van der Waals surface area (Å²) in [5.74, 6) is -1.02. The van der Waals surface area contributed by atoms with Crippen LogP contribution in [0.15, 0.2) is 63.4 Å². The number of esters is 1. The molecule has 0 aromatic heterocycles. The number of hydrogen-bond donors (Lipinski definition) is 2. The number of allylic oxidation sites excluding steroid dienone is 3. The number of hydrogen-bond acceptors (Lipinski definition) is 6. The number of benzene rings is 2. The fourth-order valence-electron chi connectivity index (χ4n) is 4.81. The number of dihydropyridines is 1. The number of aromatic hydroxyl groups is 1. The molecule has 2 aromatic carbocycles. The molecule has 1 aliphatic heterocycles. The molecule has 2 N–H and O–H groups in total. The summed E-state index contributed by atoms with van der Waals surface area (Å²) in [5, 5.41) is 14.3. The molecule has 0 fully saturated rings. The number of ketones is 1. The molecule has 2 aromatic rings. The van der Waals surface area contributed by atoms with Crippen LogP contribution in [0.25, 0.3) is 0 Å². The third-order valence-electron chi connectivity index (χ3n) is 6.34. The zero-order valence-corrected chi connectivity index (χ0v) is 22.3. The first-order valence-corrected chi connectivity index (χ1v) is 12.5. The van der Waals surface area contributed by atoms with Gasteiger partial charge in [-0.15, -0.1) is 0 Å². The third kappa shape index (κ3) is 4.98. The fourth-order valence-corrected chi connectivity index (χ4v) is 5.39. The normalized spacial score (nSPS) is 20.0. The smallest absolute Gasteiger partial charge is 0.337 e. The number of carbonyl (C=O) groups excluding carboxylic acids is 2. The molecular formula is C27H27BrClNO5. The number of rotatable bonds is 5. The molecule has 0 amide bonds. The second-order valence-electron chi connectivity index (χ2n) is 9.08. The van der Waals surface area contributed by atoms with E-state index in [1.807, 2.05) is 31.2 Å². The van der Waals surface area contributed by atoms with Crippen LogP contribution in [0.1, 0.15) is 56.6 Å². The van der Waals surface area contributed by atoms with E-state index in [9.17, 15) is 14.7 Å². The van der Waals surface area contributed by atoms with E-state index in [0.29, 0.717) is 44.7 Å². The van der Waals surface area contributed by atoms with Gasteiger partial charge in [0, 0.05) is 34.3 Å². The van der Waals surface area contributed by atoms with Gasteiger partial charge >= 0.3 is 5.97 Å². The predicted octanol–water partition coefficient (Wildman–Crippen LogP) is 6.13. The fraction of sp³-hybridized carbons (Fsp3) is 0.333. The van der Waals surface area contributed by atoms with Crippen molar-refractivity contribution in [3.8, 4) is 11.5 Å². The lowest BCUT2D eigenvalue weighted by Gasteiger charge is -2.37. The van der Waals surface area contributed by atoms with Gasteiger partial charge in [-0.1, -0.05) is 23.7 Å². The molecule has 2 atom stereocenters. The number of methoxy groups -OCH3 is 1. The van der Waals surface area contributed by atoms with Gasteiger partial charge in [0.05, 0.1) is 23.3 Å². The summed E-state index contributed by atoms with van der Waals surface area (Å²) in [5.41, 5.74) is 4.01. The third-order valence-corrected chi connectivity index (χ3v) is 7.19. The van der Waals surface area contributed by atoms with Crippen LogP contribution in [0.3, 0.4) is 0 Å². The quantitative estimate of drug-likeness (QED) is 0.428. The number of carbonyl (C=O) groups is 2. The van der Waals surface area contributed by atoms with Crippen LogP contribution in [0.5, 0.6) is 11.5 Å². The van der Waals surface area contributed by atoms with E-state index in [-0.39, 0.29) is 29.3 Å². The number of phenolic OH excluding ortho intramolecular Hbond substituents is 1. The highest BCUT2D eigenvalue weighted by molar-refractivity contribution is 9.10. The Morgan fingerprint density at radius 3 is 2.49 bits per heavy atom. The molecule has 0 saturated heterocycles. The number of halogens is 2. The first kappa shape index (κ1) is 25.3. The zero-order chi connectivity index (χ0) is 25.4. The maximum Gasteiger partial charge on any atom is 0.337 e. The van der Waals surface area contributed by atoms with Crippen molar-refractivity contribution in [3.05, 3.63) is 79.6 Å². The summed E-state index contributed by atoms with van der Waals surface area (Å²) < 4.78 is 11.3. The van der Waals surface area contributed by atoms with Gasteiger partial charge in [-0.05, 0) is 84.4 Å². The topological polar surface area (TPSA) is 84.9 Å². The SMILES string of the molecule is COc1cc([C@@H]2C(C(=O)OC(C)C)=C(C)NC3=C2C(=O)C[C@@H](c2ccc(Cl)cc2)C3)cc(Br)c1O. The Balaban J connectivity index is 1.85. The van der Waals surface area contributed by atoms with Crippen LogP contribution >= 0.6 is 27.5 Å². The molecule has 35 heavy (non-hydrogen) atoms. The van der Waals surface area contributed by atoms with Crippen LogP contribution in [0.4, 0.5) is 0 Å². The number of Topliss-reactive ketones (excluding diaryl/α,β-unsaturated/α-hetero) is 1.